The number of aromatic nitrogens is 1. The molecule has 2 rings (SSSR count). The number of carbonyl (C=O) groups excluding carboxylic acids is 1. The maximum absolute atomic E-state index is 11.7. The molecule has 2 N–H and O–H groups in total. The van der Waals surface area contributed by atoms with E-state index in [1.165, 1.54) is 0 Å². The van der Waals surface area contributed by atoms with Gasteiger partial charge in [-0.3, -0.25) is 4.79 Å². The fraction of sp³-hybridized carbons (Fsp3) is 0.400. The maximum Gasteiger partial charge on any atom is 0.245 e. The summed E-state index contributed by atoms with van der Waals surface area (Å²) in [5.74, 6) is 0.461. The van der Waals surface area contributed by atoms with Gasteiger partial charge >= 0.3 is 0 Å². The van der Waals surface area contributed by atoms with E-state index < -0.39 is 0 Å². The van der Waals surface area contributed by atoms with Crippen LogP contribution in [0.4, 0.5) is 5.82 Å². The van der Waals surface area contributed by atoms with Crippen LogP contribution in [0, 0.1) is 0 Å². The molecule has 1 aromatic rings. The van der Waals surface area contributed by atoms with Crippen molar-refractivity contribution in [2.45, 2.75) is 6.04 Å². The Bertz CT molecular complexity index is 332. The normalized spacial score (nSPS) is 18.5. The largest absolute Gasteiger partial charge is 0.378 e. The minimum absolute atomic E-state index is 0. The predicted octanol–water partition coefficient (Wildman–Crippen LogP) is 0.852. The third-order valence-corrected chi connectivity index (χ3v) is 2.15. The van der Waals surface area contributed by atoms with Crippen LogP contribution in [0.2, 0.25) is 0 Å². The summed E-state index contributed by atoms with van der Waals surface area (Å²) in [5.41, 5.74) is 0. The van der Waals surface area contributed by atoms with E-state index in [1.807, 2.05) is 6.07 Å². The average Bonchev–Trinajstić information content (AvgIpc) is 2.31. The van der Waals surface area contributed by atoms with Crippen molar-refractivity contribution < 1.29 is 9.53 Å². The van der Waals surface area contributed by atoms with Crippen molar-refractivity contribution in [2.24, 2.45) is 0 Å². The van der Waals surface area contributed by atoms with Crippen molar-refractivity contribution in [2.75, 3.05) is 25.1 Å². The van der Waals surface area contributed by atoms with Gasteiger partial charge in [0.15, 0.2) is 0 Å². The number of morpholine rings is 1. The first-order valence-electron chi connectivity index (χ1n) is 4.89. The lowest BCUT2D eigenvalue weighted by Crippen LogP contribution is -2.48. The zero-order chi connectivity index (χ0) is 10.5. The highest BCUT2D eigenvalue weighted by Gasteiger charge is 2.21. The van der Waals surface area contributed by atoms with Gasteiger partial charge in [-0.1, -0.05) is 6.07 Å². The lowest BCUT2D eigenvalue weighted by molar-refractivity contribution is -0.120. The van der Waals surface area contributed by atoms with Gasteiger partial charge in [0.05, 0.1) is 13.2 Å². The van der Waals surface area contributed by atoms with E-state index in [-0.39, 0.29) is 36.8 Å². The molecule has 1 aromatic heterocycles. The number of pyridine rings is 1. The molecule has 1 unspecified atom stereocenters. The van der Waals surface area contributed by atoms with Crippen LogP contribution in [-0.2, 0) is 9.53 Å². The van der Waals surface area contributed by atoms with Gasteiger partial charge in [0.2, 0.25) is 5.91 Å². The zero-order valence-corrected chi connectivity index (χ0v) is 10.7. The van der Waals surface area contributed by atoms with E-state index in [0.717, 1.165) is 0 Å². The van der Waals surface area contributed by atoms with E-state index in [2.05, 4.69) is 15.6 Å². The molecule has 0 bridgehead atoms. The first-order valence-corrected chi connectivity index (χ1v) is 4.89. The highest BCUT2D eigenvalue weighted by Crippen LogP contribution is 2.02. The smallest absolute Gasteiger partial charge is 0.245 e. The Labute approximate surface area is 112 Å². The molecule has 0 aromatic carbocycles. The summed E-state index contributed by atoms with van der Waals surface area (Å²) in [6, 6.07) is 5.10. The van der Waals surface area contributed by atoms with Crippen LogP contribution in [-0.4, -0.2) is 36.7 Å². The van der Waals surface area contributed by atoms with Gasteiger partial charge in [-0.15, -0.1) is 24.8 Å². The van der Waals surface area contributed by atoms with Gasteiger partial charge in [0.25, 0.3) is 0 Å². The minimum atomic E-state index is -0.277. The molecule has 1 fully saturated rings. The van der Waals surface area contributed by atoms with Gasteiger partial charge in [0.1, 0.15) is 11.9 Å². The highest BCUT2D eigenvalue weighted by atomic mass is 35.5. The first kappa shape index (κ1) is 16.1. The molecule has 5 nitrogen and oxygen atoms in total. The molecule has 0 aliphatic carbocycles. The van der Waals surface area contributed by atoms with Crippen molar-refractivity contribution in [3.63, 3.8) is 0 Å². The van der Waals surface area contributed by atoms with Crippen molar-refractivity contribution in [3.8, 4) is 0 Å². The Hall–Kier alpha value is -0.880. The van der Waals surface area contributed by atoms with Crippen LogP contribution in [0.3, 0.4) is 0 Å². The Kier molecular flexibility index (Phi) is 7.82. The number of halogens is 2. The summed E-state index contributed by atoms with van der Waals surface area (Å²) in [6.45, 7) is 1.78. The van der Waals surface area contributed by atoms with E-state index >= 15 is 0 Å². The molecule has 1 saturated heterocycles. The second kappa shape index (κ2) is 8.25. The molecular weight excluding hydrogens is 265 g/mol. The van der Waals surface area contributed by atoms with Crippen LogP contribution >= 0.6 is 24.8 Å². The lowest BCUT2D eigenvalue weighted by atomic mass is 10.2. The number of nitrogens with zero attached hydrogens (tertiary/aromatic N) is 1. The van der Waals surface area contributed by atoms with Gasteiger partial charge in [-0.25, -0.2) is 4.98 Å². The molecule has 0 spiro atoms. The number of anilines is 1. The minimum Gasteiger partial charge on any atom is -0.378 e. The molecule has 96 valence electrons. The second-order valence-electron chi connectivity index (χ2n) is 3.29. The van der Waals surface area contributed by atoms with Crippen molar-refractivity contribution in [1.82, 2.24) is 10.3 Å². The van der Waals surface area contributed by atoms with E-state index in [0.29, 0.717) is 25.6 Å². The van der Waals surface area contributed by atoms with Crippen molar-refractivity contribution >= 4 is 36.5 Å². The van der Waals surface area contributed by atoms with Crippen LogP contribution in [0.25, 0.3) is 0 Å². The number of amides is 1. The lowest BCUT2D eigenvalue weighted by Gasteiger charge is -2.22. The summed E-state index contributed by atoms with van der Waals surface area (Å²) in [7, 11) is 0. The van der Waals surface area contributed by atoms with E-state index in [9.17, 15) is 4.79 Å². The molecule has 1 atom stereocenters. The number of hydrogen-bond acceptors (Lipinski definition) is 4. The molecule has 0 radical (unpaired) electrons. The first-order chi connectivity index (χ1) is 7.36. The monoisotopic (exact) mass is 279 g/mol. The number of nitrogens with one attached hydrogen (secondary N) is 2. The highest BCUT2D eigenvalue weighted by molar-refractivity contribution is 5.94. The fourth-order valence-corrected chi connectivity index (χ4v) is 1.38. The Morgan fingerprint density at radius 3 is 2.88 bits per heavy atom. The zero-order valence-electron chi connectivity index (χ0n) is 9.09. The summed E-state index contributed by atoms with van der Waals surface area (Å²) in [5, 5.41) is 5.79. The Balaban J connectivity index is 0.00000128. The van der Waals surface area contributed by atoms with E-state index in [1.54, 1.807) is 18.3 Å². The number of ether oxygens (including phenoxy) is 1. The standard InChI is InChI=1S/C10H13N3O2.2ClH/c14-10(8-7-15-6-5-11-8)13-9-3-1-2-4-12-9;;/h1-4,8,11H,5-7H2,(H,12,13,14);2*1H. The molecule has 1 aliphatic heterocycles. The van der Waals surface area contributed by atoms with Crippen LogP contribution in [0.15, 0.2) is 24.4 Å². The molecule has 2 heterocycles. The topological polar surface area (TPSA) is 63.2 Å². The average molecular weight is 280 g/mol. The van der Waals surface area contributed by atoms with Crippen molar-refractivity contribution in [3.05, 3.63) is 24.4 Å². The Morgan fingerprint density at radius 2 is 2.29 bits per heavy atom. The summed E-state index contributed by atoms with van der Waals surface area (Å²) in [6.07, 6.45) is 1.64. The Morgan fingerprint density at radius 1 is 1.47 bits per heavy atom. The number of hydrogen-bond donors (Lipinski definition) is 2. The molecule has 0 saturated carbocycles. The molecular formula is C10H15Cl2N3O2. The number of carbonyl (C=O) groups is 1. The molecule has 1 aliphatic rings. The third-order valence-electron chi connectivity index (χ3n) is 2.15. The predicted molar refractivity (Wildman–Crippen MR) is 70.0 cm³/mol. The fourth-order valence-electron chi connectivity index (χ4n) is 1.38. The quantitative estimate of drug-likeness (QED) is 0.843. The maximum atomic E-state index is 11.7. The van der Waals surface area contributed by atoms with Gasteiger partial charge in [-0.2, -0.15) is 0 Å². The summed E-state index contributed by atoms with van der Waals surface area (Å²) < 4.78 is 5.20. The second-order valence-corrected chi connectivity index (χ2v) is 3.29. The summed E-state index contributed by atoms with van der Waals surface area (Å²) in [4.78, 5) is 15.7. The van der Waals surface area contributed by atoms with Gasteiger partial charge in [0, 0.05) is 12.7 Å². The molecule has 17 heavy (non-hydrogen) atoms. The SMILES string of the molecule is Cl.Cl.O=C(Nc1ccccn1)C1COCCN1. The third kappa shape index (κ3) is 4.87. The van der Waals surface area contributed by atoms with Crippen molar-refractivity contribution in [1.29, 1.82) is 0 Å². The van der Waals surface area contributed by atoms with Crippen LogP contribution < -0.4 is 10.6 Å². The summed E-state index contributed by atoms with van der Waals surface area (Å²) >= 11 is 0. The van der Waals surface area contributed by atoms with E-state index in [4.69, 9.17) is 4.74 Å². The van der Waals surface area contributed by atoms with Crippen LogP contribution in [0.5, 0.6) is 0 Å². The van der Waals surface area contributed by atoms with Gasteiger partial charge < -0.3 is 15.4 Å². The molecule has 1 amide bonds. The molecule has 7 heteroatoms. The number of rotatable bonds is 2. The van der Waals surface area contributed by atoms with Gasteiger partial charge in [-0.05, 0) is 12.1 Å². The van der Waals surface area contributed by atoms with Crippen LogP contribution in [0.1, 0.15) is 0 Å².